The Balaban J connectivity index is 3.33. The number of carbonyl (C=O) groups excluding carboxylic acids is 2. The highest BCUT2D eigenvalue weighted by Crippen LogP contribution is 2.17. The summed E-state index contributed by atoms with van der Waals surface area (Å²) in [5.41, 5.74) is 0. The maximum atomic E-state index is 12.4. The molecule has 1 amide bonds. The van der Waals surface area contributed by atoms with Crippen LogP contribution in [0.1, 0.15) is 316 Å². The predicted molar refractivity (Wildman–Crippen MR) is 273 cm³/mol. The lowest BCUT2D eigenvalue weighted by Crippen LogP contribution is -2.45. The van der Waals surface area contributed by atoms with Crippen molar-refractivity contribution < 1.29 is 24.5 Å². The minimum Gasteiger partial charge on any atom is -0.466 e. The van der Waals surface area contributed by atoms with E-state index in [-0.39, 0.29) is 18.5 Å². The maximum Gasteiger partial charge on any atom is 0.305 e. The molecule has 0 aliphatic heterocycles. The SMILES string of the molecule is CCCCCC/C=C\CCCCCCCC(=O)OCCCCCCCCCCCCCCCCCCCCCCCCCCC(=O)NC(CO)C(O)CCCCCCCCCCC. The van der Waals surface area contributed by atoms with E-state index in [1.165, 1.54) is 238 Å². The number of nitrogens with one attached hydrogen (secondary N) is 1. The summed E-state index contributed by atoms with van der Waals surface area (Å²) in [5.74, 6) is -0.0291. The Kier molecular flexibility index (Phi) is 52.0. The lowest BCUT2D eigenvalue weighted by molar-refractivity contribution is -0.143. The number of unbranched alkanes of at least 4 members (excludes halogenated alkanes) is 40. The Bertz CT molecular complexity index is 939. The van der Waals surface area contributed by atoms with Crippen LogP contribution in [0.5, 0.6) is 0 Å². The molecule has 0 aliphatic carbocycles. The molecule has 6 heteroatoms. The molecule has 374 valence electrons. The quantitative estimate of drug-likeness (QED) is 0.0321. The number of amides is 1. The van der Waals surface area contributed by atoms with E-state index in [9.17, 15) is 19.8 Å². The number of carbonyl (C=O) groups is 2. The van der Waals surface area contributed by atoms with Gasteiger partial charge < -0.3 is 20.3 Å². The molecule has 6 nitrogen and oxygen atoms in total. The van der Waals surface area contributed by atoms with Crippen molar-refractivity contribution in [1.29, 1.82) is 0 Å². The van der Waals surface area contributed by atoms with Crippen LogP contribution in [0.15, 0.2) is 12.2 Å². The molecule has 0 radical (unpaired) electrons. The second kappa shape index (κ2) is 53.2. The third-order valence-corrected chi connectivity index (χ3v) is 13.3. The first-order valence-electron chi connectivity index (χ1n) is 28.4. The van der Waals surface area contributed by atoms with E-state index < -0.39 is 12.1 Å². The summed E-state index contributed by atoms with van der Waals surface area (Å²) in [6.07, 6.45) is 62.2. The molecule has 2 atom stereocenters. The molecule has 0 aromatic rings. The molecule has 3 N–H and O–H groups in total. The summed E-state index contributed by atoms with van der Waals surface area (Å²) in [5, 5.41) is 23.1. The van der Waals surface area contributed by atoms with Crippen LogP contribution in [0.3, 0.4) is 0 Å². The number of aliphatic hydroxyl groups excluding tert-OH is 2. The summed E-state index contributed by atoms with van der Waals surface area (Å²) in [6, 6.07) is -0.537. The summed E-state index contributed by atoms with van der Waals surface area (Å²) in [6.45, 7) is 4.92. The minimum absolute atomic E-state index is 0.00629. The molecule has 0 heterocycles. The van der Waals surface area contributed by atoms with E-state index in [2.05, 4.69) is 31.3 Å². The lowest BCUT2D eigenvalue weighted by Gasteiger charge is -2.22. The second-order valence-electron chi connectivity index (χ2n) is 19.6. The van der Waals surface area contributed by atoms with E-state index in [4.69, 9.17) is 4.74 Å². The van der Waals surface area contributed by atoms with Crippen molar-refractivity contribution in [1.82, 2.24) is 5.32 Å². The van der Waals surface area contributed by atoms with Gasteiger partial charge in [-0.15, -0.1) is 0 Å². The maximum absolute atomic E-state index is 12.4. The van der Waals surface area contributed by atoms with Crippen LogP contribution in [0.25, 0.3) is 0 Å². The molecule has 0 saturated heterocycles. The topological polar surface area (TPSA) is 95.9 Å². The van der Waals surface area contributed by atoms with Crippen molar-refractivity contribution in [2.75, 3.05) is 13.2 Å². The van der Waals surface area contributed by atoms with Gasteiger partial charge in [-0.05, 0) is 51.4 Å². The van der Waals surface area contributed by atoms with Gasteiger partial charge in [-0.3, -0.25) is 9.59 Å². The molecule has 0 rings (SSSR count). The van der Waals surface area contributed by atoms with E-state index >= 15 is 0 Å². The number of esters is 1. The van der Waals surface area contributed by atoms with Crippen LogP contribution < -0.4 is 5.32 Å². The number of rotatable bonds is 53. The van der Waals surface area contributed by atoms with Crippen molar-refractivity contribution in [3.8, 4) is 0 Å². The first kappa shape index (κ1) is 61.6. The molecule has 0 aromatic carbocycles. The van der Waals surface area contributed by atoms with Gasteiger partial charge in [0, 0.05) is 12.8 Å². The van der Waals surface area contributed by atoms with Crippen molar-refractivity contribution in [2.24, 2.45) is 0 Å². The van der Waals surface area contributed by atoms with Crippen LogP contribution >= 0.6 is 0 Å². The van der Waals surface area contributed by atoms with Crippen LogP contribution in [-0.4, -0.2) is 47.4 Å². The molecule has 2 unspecified atom stereocenters. The van der Waals surface area contributed by atoms with Crippen molar-refractivity contribution in [3.63, 3.8) is 0 Å². The number of allylic oxidation sites excluding steroid dienone is 2. The Hall–Kier alpha value is -1.40. The Morgan fingerprint density at radius 1 is 0.429 bits per heavy atom. The Labute approximate surface area is 393 Å². The largest absolute Gasteiger partial charge is 0.466 e. The molecular weight excluding hydrogens is 779 g/mol. The first-order chi connectivity index (χ1) is 31.0. The minimum atomic E-state index is -0.660. The highest BCUT2D eigenvalue weighted by molar-refractivity contribution is 5.76. The van der Waals surface area contributed by atoms with Crippen LogP contribution in [0.4, 0.5) is 0 Å². The fourth-order valence-electron chi connectivity index (χ4n) is 8.93. The number of hydrogen-bond acceptors (Lipinski definition) is 5. The van der Waals surface area contributed by atoms with Gasteiger partial charge in [-0.1, -0.05) is 264 Å². The molecule has 0 saturated carbocycles. The van der Waals surface area contributed by atoms with Crippen LogP contribution in [0, 0.1) is 0 Å². The fraction of sp³-hybridized carbons (Fsp3) is 0.930. The molecule has 0 fully saturated rings. The van der Waals surface area contributed by atoms with Gasteiger partial charge in [0.25, 0.3) is 0 Å². The van der Waals surface area contributed by atoms with E-state index in [0.29, 0.717) is 25.9 Å². The smallest absolute Gasteiger partial charge is 0.305 e. The third-order valence-electron chi connectivity index (χ3n) is 13.3. The zero-order valence-corrected chi connectivity index (χ0v) is 42.6. The van der Waals surface area contributed by atoms with Gasteiger partial charge in [0.05, 0.1) is 25.4 Å². The monoisotopic (exact) mass is 890 g/mol. The van der Waals surface area contributed by atoms with Gasteiger partial charge in [-0.2, -0.15) is 0 Å². The number of hydrogen-bond donors (Lipinski definition) is 3. The van der Waals surface area contributed by atoms with Crippen LogP contribution in [0.2, 0.25) is 0 Å². The molecule has 0 aromatic heterocycles. The molecular formula is C57H111NO5. The molecule has 0 bridgehead atoms. The fourth-order valence-corrected chi connectivity index (χ4v) is 8.93. The zero-order chi connectivity index (χ0) is 45.8. The lowest BCUT2D eigenvalue weighted by atomic mass is 10.0. The van der Waals surface area contributed by atoms with Crippen molar-refractivity contribution in [2.45, 2.75) is 328 Å². The molecule has 0 aliphatic rings. The molecule has 63 heavy (non-hydrogen) atoms. The highest BCUT2D eigenvalue weighted by atomic mass is 16.5. The van der Waals surface area contributed by atoms with E-state index in [1.807, 2.05) is 0 Å². The predicted octanol–water partition coefficient (Wildman–Crippen LogP) is 17.3. The standard InChI is InChI=1S/C57H111NO5/c1-3-5-7-9-11-13-14-27-31-35-39-43-47-51-57(62)63-52-48-44-40-36-32-29-26-24-22-20-18-16-15-17-19-21-23-25-28-30-34-38-42-46-50-56(61)58-54(53-59)55(60)49-45-41-37-33-12-10-8-6-4-2/h13-14,54-55,59-60H,3-12,15-53H2,1-2H3,(H,58,61)/b14-13-. The highest BCUT2D eigenvalue weighted by Gasteiger charge is 2.20. The zero-order valence-electron chi connectivity index (χ0n) is 42.6. The Morgan fingerprint density at radius 3 is 1.14 bits per heavy atom. The second-order valence-corrected chi connectivity index (χ2v) is 19.6. The number of aliphatic hydroxyl groups is 2. The van der Waals surface area contributed by atoms with Crippen LogP contribution in [-0.2, 0) is 14.3 Å². The Morgan fingerprint density at radius 2 is 0.746 bits per heavy atom. The third kappa shape index (κ3) is 49.9. The van der Waals surface area contributed by atoms with Crippen molar-refractivity contribution in [3.05, 3.63) is 12.2 Å². The van der Waals surface area contributed by atoms with Gasteiger partial charge in [0.15, 0.2) is 0 Å². The average molecular weight is 891 g/mol. The van der Waals surface area contributed by atoms with Gasteiger partial charge >= 0.3 is 5.97 Å². The van der Waals surface area contributed by atoms with E-state index in [1.54, 1.807) is 0 Å². The summed E-state index contributed by atoms with van der Waals surface area (Å²) in [7, 11) is 0. The normalized spacial score (nSPS) is 12.6. The van der Waals surface area contributed by atoms with Gasteiger partial charge in [-0.25, -0.2) is 0 Å². The average Bonchev–Trinajstić information content (AvgIpc) is 3.28. The summed E-state index contributed by atoms with van der Waals surface area (Å²) in [4.78, 5) is 24.4. The number of ether oxygens (including phenoxy) is 1. The first-order valence-corrected chi connectivity index (χ1v) is 28.4. The van der Waals surface area contributed by atoms with Gasteiger partial charge in [0.1, 0.15) is 0 Å². The van der Waals surface area contributed by atoms with Crippen molar-refractivity contribution >= 4 is 11.9 Å². The molecule has 0 spiro atoms. The summed E-state index contributed by atoms with van der Waals surface area (Å²) >= 11 is 0. The van der Waals surface area contributed by atoms with E-state index in [0.717, 1.165) is 44.9 Å². The van der Waals surface area contributed by atoms with Gasteiger partial charge in [0.2, 0.25) is 5.91 Å². The summed E-state index contributed by atoms with van der Waals surface area (Å²) < 4.78 is 5.47.